The zero-order chi connectivity index (χ0) is 12.3. The van der Waals surface area contributed by atoms with Crippen LogP contribution in [0.15, 0.2) is 6.33 Å². The molecule has 7 nitrogen and oxygen atoms in total. The monoisotopic (exact) mass is 238 g/mol. The van der Waals surface area contributed by atoms with Crippen molar-refractivity contribution < 1.29 is 4.79 Å². The van der Waals surface area contributed by atoms with Crippen molar-refractivity contribution in [1.82, 2.24) is 24.6 Å². The van der Waals surface area contributed by atoms with Crippen molar-refractivity contribution in [1.29, 1.82) is 0 Å². The smallest absolute Gasteiger partial charge is 0.244 e. The zero-order valence-electron chi connectivity index (χ0n) is 10.0. The van der Waals surface area contributed by atoms with Crippen LogP contribution in [0.3, 0.4) is 0 Å². The molecule has 7 heteroatoms. The van der Waals surface area contributed by atoms with Crippen LogP contribution in [0.1, 0.15) is 6.92 Å². The number of anilines is 1. The average Bonchev–Trinajstić information content (AvgIpc) is 2.75. The van der Waals surface area contributed by atoms with Crippen LogP contribution >= 0.6 is 0 Å². The predicted octanol–water partition coefficient (Wildman–Crippen LogP) is -0.976. The summed E-state index contributed by atoms with van der Waals surface area (Å²) < 4.78 is 1.48. The Balaban J connectivity index is 1.85. The molecule has 1 aromatic rings. The third-order valence-electron chi connectivity index (χ3n) is 3.02. The van der Waals surface area contributed by atoms with Crippen molar-refractivity contribution in [2.75, 3.05) is 38.5 Å². The minimum Gasteiger partial charge on any atom is -0.367 e. The molecule has 1 aliphatic rings. The molecule has 2 N–H and O–H groups in total. The summed E-state index contributed by atoms with van der Waals surface area (Å²) in [5, 5.41) is 3.90. The normalized spacial score (nSPS) is 17.4. The van der Waals surface area contributed by atoms with Crippen molar-refractivity contribution in [3.05, 3.63) is 6.33 Å². The van der Waals surface area contributed by atoms with Crippen molar-refractivity contribution in [3.63, 3.8) is 0 Å². The summed E-state index contributed by atoms with van der Waals surface area (Å²) in [6, 6.07) is 0. The van der Waals surface area contributed by atoms with Crippen LogP contribution in [-0.4, -0.2) is 63.2 Å². The largest absolute Gasteiger partial charge is 0.367 e. The van der Waals surface area contributed by atoms with E-state index in [2.05, 4.69) is 21.9 Å². The molecule has 0 bridgehead atoms. The van der Waals surface area contributed by atoms with Gasteiger partial charge in [0.2, 0.25) is 11.9 Å². The fourth-order valence-electron chi connectivity index (χ4n) is 1.94. The van der Waals surface area contributed by atoms with Gasteiger partial charge in [0.1, 0.15) is 12.9 Å². The highest BCUT2D eigenvalue weighted by Gasteiger charge is 2.20. The van der Waals surface area contributed by atoms with Gasteiger partial charge in [-0.2, -0.15) is 0 Å². The molecule has 17 heavy (non-hydrogen) atoms. The number of hydrogen-bond acceptors (Lipinski definition) is 5. The molecule has 2 heterocycles. The molecule has 1 aliphatic heterocycles. The summed E-state index contributed by atoms with van der Waals surface area (Å²) in [5.74, 6) is 0.277. The number of aromatic nitrogens is 3. The Morgan fingerprint density at radius 2 is 2.12 bits per heavy atom. The maximum Gasteiger partial charge on any atom is 0.244 e. The molecule has 1 fully saturated rings. The Morgan fingerprint density at radius 3 is 2.65 bits per heavy atom. The van der Waals surface area contributed by atoms with Gasteiger partial charge in [0, 0.05) is 26.2 Å². The first kappa shape index (κ1) is 11.8. The summed E-state index contributed by atoms with van der Waals surface area (Å²) >= 11 is 0. The van der Waals surface area contributed by atoms with Crippen LogP contribution in [0.25, 0.3) is 0 Å². The molecule has 1 amide bonds. The van der Waals surface area contributed by atoms with Crippen molar-refractivity contribution in [2.24, 2.45) is 0 Å². The molecule has 2 rings (SSSR count). The number of nitrogens with two attached hydrogens (primary N) is 1. The molecule has 0 atom stereocenters. The number of rotatable bonds is 3. The lowest BCUT2D eigenvalue weighted by Gasteiger charge is -2.33. The molecule has 1 aromatic heterocycles. The van der Waals surface area contributed by atoms with Crippen molar-refractivity contribution in [2.45, 2.75) is 13.5 Å². The molecule has 0 spiro atoms. The van der Waals surface area contributed by atoms with Crippen LogP contribution in [0.4, 0.5) is 5.95 Å². The van der Waals surface area contributed by atoms with E-state index in [1.807, 2.05) is 4.90 Å². The molecular formula is C10H18N6O. The number of carbonyl (C=O) groups is 1. The van der Waals surface area contributed by atoms with E-state index in [0.717, 1.165) is 32.7 Å². The van der Waals surface area contributed by atoms with Crippen LogP contribution in [0, 0.1) is 0 Å². The SMILES string of the molecule is CCN1CCN(C(=O)Cn2cnc(N)n2)CC1. The summed E-state index contributed by atoms with van der Waals surface area (Å²) in [6.45, 7) is 6.87. The summed E-state index contributed by atoms with van der Waals surface area (Å²) in [7, 11) is 0. The van der Waals surface area contributed by atoms with E-state index < -0.39 is 0 Å². The van der Waals surface area contributed by atoms with Gasteiger partial charge >= 0.3 is 0 Å². The second-order valence-corrected chi connectivity index (χ2v) is 4.12. The minimum atomic E-state index is 0.0747. The standard InChI is InChI=1S/C10H18N6O/c1-2-14-3-5-15(6-4-14)9(17)7-16-8-12-10(11)13-16/h8H,2-7H2,1H3,(H2,11,13). The first-order valence-electron chi connectivity index (χ1n) is 5.84. The van der Waals surface area contributed by atoms with E-state index in [0.29, 0.717) is 0 Å². The number of piperazine rings is 1. The molecule has 0 aliphatic carbocycles. The fourth-order valence-corrected chi connectivity index (χ4v) is 1.94. The molecule has 0 saturated carbocycles. The lowest BCUT2D eigenvalue weighted by Crippen LogP contribution is -2.49. The highest BCUT2D eigenvalue weighted by Crippen LogP contribution is 2.02. The van der Waals surface area contributed by atoms with Gasteiger partial charge < -0.3 is 15.5 Å². The second kappa shape index (κ2) is 5.13. The van der Waals surface area contributed by atoms with Crippen LogP contribution in [0.2, 0.25) is 0 Å². The Labute approximate surface area is 100 Å². The maximum absolute atomic E-state index is 11.9. The molecule has 94 valence electrons. The molecule has 0 radical (unpaired) electrons. The number of hydrogen-bond donors (Lipinski definition) is 1. The summed E-state index contributed by atoms with van der Waals surface area (Å²) in [5.41, 5.74) is 5.39. The highest BCUT2D eigenvalue weighted by atomic mass is 16.2. The first-order chi connectivity index (χ1) is 8.19. The number of carbonyl (C=O) groups excluding carboxylic acids is 1. The summed E-state index contributed by atoms with van der Waals surface area (Å²) in [6.07, 6.45) is 1.48. The second-order valence-electron chi connectivity index (χ2n) is 4.12. The Kier molecular flexibility index (Phi) is 3.58. The lowest BCUT2D eigenvalue weighted by atomic mass is 10.3. The average molecular weight is 238 g/mol. The highest BCUT2D eigenvalue weighted by molar-refractivity contribution is 5.76. The third kappa shape index (κ3) is 2.94. The number of amides is 1. The topological polar surface area (TPSA) is 80.3 Å². The van der Waals surface area contributed by atoms with E-state index in [1.54, 1.807) is 0 Å². The Hall–Kier alpha value is -1.63. The van der Waals surface area contributed by atoms with Gasteiger partial charge in [0.15, 0.2) is 0 Å². The quantitative estimate of drug-likeness (QED) is 0.732. The maximum atomic E-state index is 11.9. The van der Waals surface area contributed by atoms with Gasteiger partial charge in [-0.1, -0.05) is 6.92 Å². The van der Waals surface area contributed by atoms with Gasteiger partial charge in [-0.3, -0.25) is 4.79 Å². The Bertz CT molecular complexity index is 382. The van der Waals surface area contributed by atoms with Crippen LogP contribution in [-0.2, 0) is 11.3 Å². The van der Waals surface area contributed by atoms with E-state index in [1.165, 1.54) is 11.0 Å². The van der Waals surface area contributed by atoms with E-state index in [9.17, 15) is 4.79 Å². The summed E-state index contributed by atoms with van der Waals surface area (Å²) in [4.78, 5) is 19.9. The van der Waals surface area contributed by atoms with Gasteiger partial charge in [-0.15, -0.1) is 5.10 Å². The van der Waals surface area contributed by atoms with Crippen LogP contribution < -0.4 is 5.73 Å². The van der Waals surface area contributed by atoms with E-state index in [4.69, 9.17) is 5.73 Å². The molecule has 1 saturated heterocycles. The van der Waals surface area contributed by atoms with Gasteiger partial charge in [-0.25, -0.2) is 9.67 Å². The van der Waals surface area contributed by atoms with Crippen molar-refractivity contribution in [3.8, 4) is 0 Å². The number of nitrogens with zero attached hydrogens (tertiary/aromatic N) is 5. The van der Waals surface area contributed by atoms with E-state index in [-0.39, 0.29) is 18.4 Å². The van der Waals surface area contributed by atoms with Gasteiger partial charge in [-0.05, 0) is 6.54 Å². The number of likely N-dealkylation sites (N-methyl/N-ethyl adjacent to an activating group) is 1. The Morgan fingerprint density at radius 1 is 1.41 bits per heavy atom. The number of nitrogen functional groups attached to an aromatic ring is 1. The van der Waals surface area contributed by atoms with E-state index >= 15 is 0 Å². The van der Waals surface area contributed by atoms with Gasteiger partial charge in [0.25, 0.3) is 0 Å². The predicted molar refractivity (Wildman–Crippen MR) is 63.1 cm³/mol. The first-order valence-corrected chi connectivity index (χ1v) is 5.84. The lowest BCUT2D eigenvalue weighted by molar-refractivity contribution is -0.133. The minimum absolute atomic E-state index is 0.0747. The molecule has 0 aromatic carbocycles. The fraction of sp³-hybridized carbons (Fsp3) is 0.700. The molecular weight excluding hydrogens is 220 g/mol. The van der Waals surface area contributed by atoms with Gasteiger partial charge in [0.05, 0.1) is 0 Å². The molecule has 0 unspecified atom stereocenters. The zero-order valence-corrected chi connectivity index (χ0v) is 10.0. The van der Waals surface area contributed by atoms with Crippen molar-refractivity contribution >= 4 is 11.9 Å². The third-order valence-corrected chi connectivity index (χ3v) is 3.02. The van der Waals surface area contributed by atoms with Crippen LogP contribution in [0.5, 0.6) is 0 Å².